The van der Waals surface area contributed by atoms with Gasteiger partial charge in [0.05, 0.1) is 0 Å². The fourth-order valence-corrected chi connectivity index (χ4v) is 6.16. The molecule has 2 aromatic carbocycles. The van der Waals surface area contributed by atoms with E-state index in [4.69, 9.17) is 20.6 Å². The number of carboxylic acids is 1. The fraction of sp³-hybridized carbons (Fsp3) is 0.167. The number of carbonyl (C=O) groups is 2. The number of phenols is 1. The normalized spacial score (nSPS) is 11.5. The Kier molecular flexibility index (Phi) is 8.34. The second-order valence-corrected chi connectivity index (χ2v) is 12.5. The summed E-state index contributed by atoms with van der Waals surface area (Å²) < 4.78 is 41.4. The number of nitrogens with two attached hydrogens (primary N) is 1. The van der Waals surface area contributed by atoms with Crippen LogP contribution in [-0.4, -0.2) is 66.6 Å². The number of aromatic nitrogens is 1. The molecule has 1 unspecified atom stereocenters. The molecule has 37 heavy (non-hydrogen) atoms. The van der Waals surface area contributed by atoms with E-state index >= 15 is 8.78 Å². The van der Waals surface area contributed by atoms with Crippen LogP contribution < -0.4 is 19.6 Å². The van der Waals surface area contributed by atoms with Crippen molar-refractivity contribution in [2.45, 2.75) is 10.9 Å². The minimum atomic E-state index is -2.85. The van der Waals surface area contributed by atoms with Gasteiger partial charge in [-0.3, -0.25) is 0 Å². The summed E-state index contributed by atoms with van der Waals surface area (Å²) >= 11 is -2.85. The Morgan fingerprint density at radius 3 is 2.32 bits per heavy atom. The number of carbonyl (C=O) groups excluding carboxylic acids is 1. The summed E-state index contributed by atoms with van der Waals surface area (Å²) in [5, 5.41) is 26.4. The number of hydrogen-bond donors (Lipinski definition) is 4. The van der Waals surface area contributed by atoms with E-state index in [2.05, 4.69) is 4.98 Å². The number of benzene rings is 2. The molecule has 3 aromatic rings. The molecule has 0 spiro atoms. The van der Waals surface area contributed by atoms with Gasteiger partial charge in [0.25, 0.3) is 0 Å². The van der Waals surface area contributed by atoms with Gasteiger partial charge in [0.15, 0.2) is 0 Å². The summed E-state index contributed by atoms with van der Waals surface area (Å²) in [7, 11) is 3.11. The van der Waals surface area contributed by atoms with E-state index in [0.717, 1.165) is 6.07 Å². The molecular formula is C24H23AsF2N4O6. The molecule has 0 saturated heterocycles. The Hall–Kier alpha value is -4.18. The molecular weight excluding hydrogens is 553 g/mol. The Morgan fingerprint density at radius 1 is 1.08 bits per heavy atom. The van der Waals surface area contributed by atoms with Gasteiger partial charge < -0.3 is 0 Å². The van der Waals surface area contributed by atoms with E-state index in [-0.39, 0.29) is 34.4 Å². The summed E-state index contributed by atoms with van der Waals surface area (Å²) in [6, 6.07) is 9.46. The zero-order valence-corrected chi connectivity index (χ0v) is 21.8. The topological polar surface area (TPSA) is 159 Å². The van der Waals surface area contributed by atoms with Gasteiger partial charge >= 0.3 is 215 Å². The molecule has 0 aliphatic carbocycles. The van der Waals surface area contributed by atoms with Crippen LogP contribution >= 0.6 is 0 Å². The number of aromatic hydroxyl groups is 1. The number of nitrogens with one attached hydrogen (secondary N) is 1. The molecule has 1 aromatic heterocycles. The molecule has 194 valence electrons. The van der Waals surface area contributed by atoms with Crippen LogP contribution in [0.2, 0.25) is 10.9 Å². The van der Waals surface area contributed by atoms with E-state index in [1.54, 1.807) is 14.1 Å². The molecule has 0 saturated carbocycles. The quantitative estimate of drug-likeness (QED) is 0.172. The fourth-order valence-electron chi connectivity index (χ4n) is 3.17. The summed E-state index contributed by atoms with van der Waals surface area (Å²) in [5.74, 6) is -6.60. The molecule has 0 aliphatic heterocycles. The number of ether oxygens (including phenoxy) is 2. The van der Waals surface area contributed by atoms with E-state index in [9.17, 15) is 19.8 Å². The third-order valence-corrected chi connectivity index (χ3v) is 8.92. The summed E-state index contributed by atoms with van der Waals surface area (Å²) in [6.45, 7) is 0. The first-order chi connectivity index (χ1) is 17.4. The van der Waals surface area contributed by atoms with Gasteiger partial charge in [-0.15, -0.1) is 0 Å². The van der Waals surface area contributed by atoms with Crippen molar-refractivity contribution in [3.8, 4) is 29.0 Å². The van der Waals surface area contributed by atoms with Gasteiger partial charge in [0, 0.05) is 0 Å². The number of halogens is 2. The monoisotopic (exact) mass is 576 g/mol. The molecule has 10 nitrogen and oxygen atoms in total. The maximum absolute atomic E-state index is 15.5. The number of phenolic OH excluding ortho intramolecular Hbond substituents is 1. The zero-order valence-electron chi connectivity index (χ0n) is 20.0. The number of amidine groups is 1. The molecule has 3 rings (SSSR count). The molecule has 1 atom stereocenters. The number of aliphatic carboxylic acids is 1. The van der Waals surface area contributed by atoms with Gasteiger partial charge in [-0.2, -0.15) is 0 Å². The Labute approximate surface area is 215 Å². The van der Waals surface area contributed by atoms with Crippen molar-refractivity contribution in [1.82, 2.24) is 9.88 Å². The van der Waals surface area contributed by atoms with E-state index in [1.165, 1.54) is 47.0 Å². The third-order valence-electron chi connectivity index (χ3n) is 4.93. The van der Waals surface area contributed by atoms with Crippen molar-refractivity contribution in [2.24, 2.45) is 5.73 Å². The number of nitrogens with zero attached hydrogens (tertiary/aromatic N) is 2. The van der Waals surface area contributed by atoms with Gasteiger partial charge in [-0.1, -0.05) is 0 Å². The second-order valence-electron chi connectivity index (χ2n) is 7.98. The molecule has 13 heteroatoms. The SMILES string of the molecule is CN(C)C(=O)c1cccc(Oc2nc(Oc3cc(C(=N)N)ccc3O)c(F)c([As](C)CC(=O)O)c2F)c1. The number of carboxylic acid groups (broad SMARTS) is 1. The van der Waals surface area contributed by atoms with E-state index in [1.807, 2.05) is 0 Å². The van der Waals surface area contributed by atoms with Crippen LogP contribution in [0.1, 0.15) is 15.9 Å². The van der Waals surface area contributed by atoms with Crippen LogP contribution in [0.15, 0.2) is 42.5 Å². The van der Waals surface area contributed by atoms with Gasteiger partial charge in [0.2, 0.25) is 0 Å². The number of pyridine rings is 1. The van der Waals surface area contributed by atoms with Crippen LogP contribution in [0.4, 0.5) is 8.78 Å². The van der Waals surface area contributed by atoms with Gasteiger partial charge in [-0.25, -0.2) is 0 Å². The van der Waals surface area contributed by atoms with Crippen molar-refractivity contribution in [3.63, 3.8) is 0 Å². The maximum atomic E-state index is 15.5. The van der Waals surface area contributed by atoms with E-state index < -0.39 is 59.3 Å². The van der Waals surface area contributed by atoms with Crippen molar-refractivity contribution < 1.29 is 38.1 Å². The molecule has 0 radical (unpaired) electrons. The second kappa shape index (κ2) is 11.3. The standard InChI is InChI=1S/C24H23AsF2N4O6/c1-25(11-17(33)34)18-19(26)22(36-14-6-4-5-13(9-14)24(35)31(2)3)30-23(20(18)27)37-16-10-12(21(28)29)7-8-15(16)32/h4-10,32H,11H2,1-3H3,(H3,28,29)(H,33,34). The first-order valence-corrected chi connectivity index (χ1v) is 14.7. The van der Waals surface area contributed by atoms with Gasteiger partial charge in [-0.05, 0) is 0 Å². The number of rotatable bonds is 9. The van der Waals surface area contributed by atoms with Gasteiger partial charge in [0.1, 0.15) is 0 Å². The predicted molar refractivity (Wildman–Crippen MR) is 132 cm³/mol. The number of nitrogen functional groups attached to an aromatic ring is 1. The summed E-state index contributed by atoms with van der Waals surface area (Å²) in [5.41, 5.74) is 7.30. The average Bonchev–Trinajstić information content (AvgIpc) is 2.82. The molecule has 0 aliphatic rings. The minimum absolute atomic E-state index is 0.0115. The van der Waals surface area contributed by atoms with Crippen molar-refractivity contribution >= 4 is 36.7 Å². The Morgan fingerprint density at radius 2 is 1.73 bits per heavy atom. The van der Waals surface area contributed by atoms with Crippen LogP contribution in [0.25, 0.3) is 0 Å². The molecule has 1 amide bonds. The first kappa shape index (κ1) is 27.4. The third kappa shape index (κ3) is 6.34. The molecule has 0 fully saturated rings. The van der Waals surface area contributed by atoms with Crippen LogP contribution in [0.5, 0.6) is 29.0 Å². The van der Waals surface area contributed by atoms with Crippen molar-refractivity contribution in [2.75, 3.05) is 14.1 Å². The average molecular weight is 576 g/mol. The van der Waals surface area contributed by atoms with Crippen LogP contribution in [0.3, 0.4) is 0 Å². The first-order valence-electron chi connectivity index (χ1n) is 10.6. The molecule has 1 heterocycles. The summed E-state index contributed by atoms with van der Waals surface area (Å²) in [4.78, 5) is 28.7. The predicted octanol–water partition coefficient (Wildman–Crippen LogP) is 3.05. The number of hydrogen-bond acceptors (Lipinski definition) is 7. The number of amides is 1. The van der Waals surface area contributed by atoms with Crippen molar-refractivity contribution in [1.29, 1.82) is 5.41 Å². The zero-order chi connectivity index (χ0) is 27.4. The molecule has 0 bridgehead atoms. The summed E-state index contributed by atoms with van der Waals surface area (Å²) in [6.07, 6.45) is 0. The Bertz CT molecular complexity index is 1390. The Balaban J connectivity index is 2.12. The van der Waals surface area contributed by atoms with E-state index in [0.29, 0.717) is 0 Å². The molecule has 5 N–H and O–H groups in total. The van der Waals surface area contributed by atoms with Crippen LogP contribution in [-0.2, 0) is 4.79 Å². The van der Waals surface area contributed by atoms with Crippen molar-refractivity contribution in [3.05, 3.63) is 65.2 Å². The van der Waals surface area contributed by atoms with Crippen LogP contribution in [0, 0.1) is 17.0 Å².